The van der Waals surface area contributed by atoms with Crippen molar-refractivity contribution in [3.05, 3.63) is 53.1 Å². The molecule has 0 bridgehead atoms. The molecule has 2 atom stereocenters. The summed E-state index contributed by atoms with van der Waals surface area (Å²) in [5.74, 6) is -1.25. The number of aromatic nitrogens is 1. The lowest BCUT2D eigenvalue weighted by atomic mass is 10.1. The Bertz CT molecular complexity index is 962. The molecule has 1 fully saturated rings. The number of aliphatic imine (C=N–C) groups is 1. The van der Waals surface area contributed by atoms with Crippen LogP contribution < -0.4 is 16.1 Å². The third kappa shape index (κ3) is 6.12. The van der Waals surface area contributed by atoms with Crippen LogP contribution in [0, 0.1) is 5.82 Å². The molecule has 31 heavy (non-hydrogen) atoms. The Morgan fingerprint density at radius 1 is 1.26 bits per heavy atom. The number of guanidine groups is 1. The van der Waals surface area contributed by atoms with Crippen molar-refractivity contribution >= 4 is 34.8 Å². The number of halogens is 5. The van der Waals surface area contributed by atoms with Crippen LogP contribution in [0.1, 0.15) is 19.0 Å². The fourth-order valence-electron chi connectivity index (χ4n) is 3.06. The molecule has 1 aromatic carbocycles. The normalized spacial score (nSPS) is 20.0. The van der Waals surface area contributed by atoms with Crippen LogP contribution in [0.15, 0.2) is 41.5 Å². The van der Waals surface area contributed by atoms with Gasteiger partial charge in [0.2, 0.25) is 5.96 Å². The quantitative estimate of drug-likeness (QED) is 0.368. The van der Waals surface area contributed by atoms with E-state index >= 15 is 0 Å². The minimum Gasteiger partial charge on any atom is -0.326 e. The predicted octanol–water partition coefficient (Wildman–Crippen LogP) is 3.90. The van der Waals surface area contributed by atoms with Crippen molar-refractivity contribution in [2.45, 2.75) is 31.6 Å². The molecule has 2 heterocycles. The second-order valence-electron chi connectivity index (χ2n) is 7.03. The van der Waals surface area contributed by atoms with Crippen molar-refractivity contribution in [1.82, 2.24) is 15.4 Å². The molecule has 166 valence electrons. The molecule has 3 rings (SSSR count). The van der Waals surface area contributed by atoms with Gasteiger partial charge in [-0.05, 0) is 43.7 Å². The first-order valence-corrected chi connectivity index (χ1v) is 9.54. The molecule has 1 amide bonds. The molecule has 1 saturated heterocycles. The van der Waals surface area contributed by atoms with E-state index in [2.05, 4.69) is 26.0 Å². The first kappa shape index (κ1) is 22.9. The summed E-state index contributed by atoms with van der Waals surface area (Å²) in [6, 6.07) is 5.09. The van der Waals surface area contributed by atoms with Crippen molar-refractivity contribution in [3.63, 3.8) is 0 Å². The molecule has 12 heteroatoms. The lowest BCUT2D eigenvalue weighted by Crippen LogP contribution is -2.39. The van der Waals surface area contributed by atoms with Crippen LogP contribution in [0.4, 0.5) is 28.9 Å². The number of rotatable bonds is 3. The van der Waals surface area contributed by atoms with E-state index in [0.29, 0.717) is 6.42 Å². The minimum absolute atomic E-state index is 0.0691. The number of amides is 1. The maximum atomic E-state index is 13.7. The molecule has 7 nitrogen and oxygen atoms in total. The zero-order valence-corrected chi connectivity index (χ0v) is 17.2. The summed E-state index contributed by atoms with van der Waals surface area (Å²) >= 11 is 5.86. The number of anilines is 2. The van der Waals surface area contributed by atoms with Crippen LogP contribution in [-0.4, -0.2) is 41.0 Å². The summed E-state index contributed by atoms with van der Waals surface area (Å²) in [6.45, 7) is 1.91. The van der Waals surface area contributed by atoms with Crippen LogP contribution in [0.2, 0.25) is 5.02 Å². The van der Waals surface area contributed by atoms with Crippen molar-refractivity contribution in [2.75, 3.05) is 17.7 Å². The molecular formula is C19H19ClF4N6O. The molecule has 0 saturated carbocycles. The van der Waals surface area contributed by atoms with Gasteiger partial charge < -0.3 is 10.6 Å². The molecule has 2 unspecified atom stereocenters. The van der Waals surface area contributed by atoms with Crippen LogP contribution in [0.25, 0.3) is 0 Å². The van der Waals surface area contributed by atoms with E-state index in [1.54, 1.807) is 12.1 Å². The highest BCUT2D eigenvalue weighted by Crippen LogP contribution is 2.28. The van der Waals surface area contributed by atoms with Crippen molar-refractivity contribution in [1.29, 1.82) is 0 Å². The molecule has 1 aliphatic heterocycles. The monoisotopic (exact) mass is 458 g/mol. The van der Waals surface area contributed by atoms with Crippen LogP contribution in [-0.2, 0) is 11.0 Å². The Morgan fingerprint density at radius 3 is 2.52 bits per heavy atom. The van der Waals surface area contributed by atoms with Gasteiger partial charge in [0.1, 0.15) is 17.6 Å². The number of nitrogens with zero attached hydrogens (tertiary/aromatic N) is 3. The van der Waals surface area contributed by atoms with E-state index in [4.69, 9.17) is 11.6 Å². The average Bonchev–Trinajstić information content (AvgIpc) is 2.99. The highest BCUT2D eigenvalue weighted by Gasteiger charge is 2.33. The SMILES string of the molecule is CC1CC(C(=O)/N=C(\Nc2ccc(C(F)(F)F)nc2)Nc2cc(F)cc(Cl)c2)N(C)N1. The molecular weight excluding hydrogens is 440 g/mol. The Kier molecular flexibility index (Phi) is 6.77. The maximum absolute atomic E-state index is 13.7. The fourth-order valence-corrected chi connectivity index (χ4v) is 3.28. The Morgan fingerprint density at radius 2 is 1.97 bits per heavy atom. The van der Waals surface area contributed by atoms with Gasteiger partial charge in [0.05, 0.1) is 11.9 Å². The number of hydrogen-bond acceptors (Lipinski definition) is 4. The number of benzene rings is 1. The van der Waals surface area contributed by atoms with Crippen LogP contribution in [0.5, 0.6) is 0 Å². The maximum Gasteiger partial charge on any atom is 0.433 e. The highest BCUT2D eigenvalue weighted by atomic mass is 35.5. The van der Waals surface area contributed by atoms with Gasteiger partial charge >= 0.3 is 6.18 Å². The smallest absolute Gasteiger partial charge is 0.326 e. The second kappa shape index (κ2) is 9.16. The van der Waals surface area contributed by atoms with Crippen LogP contribution in [0.3, 0.4) is 0 Å². The lowest BCUT2D eigenvalue weighted by Gasteiger charge is -2.17. The van der Waals surface area contributed by atoms with Crippen molar-refractivity contribution in [2.24, 2.45) is 4.99 Å². The highest BCUT2D eigenvalue weighted by molar-refractivity contribution is 6.31. The third-order valence-electron chi connectivity index (χ3n) is 4.42. The summed E-state index contributed by atoms with van der Waals surface area (Å²) in [5.41, 5.74) is 2.34. The molecule has 2 aromatic rings. The predicted molar refractivity (Wildman–Crippen MR) is 109 cm³/mol. The van der Waals surface area contributed by atoms with Crippen molar-refractivity contribution in [3.8, 4) is 0 Å². The van der Waals surface area contributed by atoms with Crippen LogP contribution >= 0.6 is 11.6 Å². The summed E-state index contributed by atoms with van der Waals surface area (Å²) in [4.78, 5) is 20.1. The minimum atomic E-state index is -4.58. The number of likely N-dealkylation sites (N-methyl/N-ethyl adjacent to an activating group) is 1. The van der Waals surface area contributed by atoms with Gasteiger partial charge in [0.15, 0.2) is 0 Å². The first-order valence-electron chi connectivity index (χ1n) is 9.16. The van der Waals surface area contributed by atoms with E-state index < -0.39 is 29.6 Å². The molecule has 0 radical (unpaired) electrons. The van der Waals surface area contributed by atoms with E-state index in [1.807, 2.05) is 6.92 Å². The van der Waals surface area contributed by atoms with Gasteiger partial charge in [-0.2, -0.15) is 18.2 Å². The summed E-state index contributed by atoms with van der Waals surface area (Å²) in [6.07, 6.45) is -3.12. The summed E-state index contributed by atoms with van der Waals surface area (Å²) < 4.78 is 51.9. The summed E-state index contributed by atoms with van der Waals surface area (Å²) in [7, 11) is 1.70. The molecule has 1 aromatic heterocycles. The second-order valence-corrected chi connectivity index (χ2v) is 7.47. The Balaban J connectivity index is 1.87. The first-order chi connectivity index (χ1) is 14.5. The molecule has 3 N–H and O–H groups in total. The number of nitrogens with one attached hydrogen (secondary N) is 3. The number of hydrazine groups is 1. The van der Waals surface area contributed by atoms with E-state index in [9.17, 15) is 22.4 Å². The molecule has 0 aliphatic carbocycles. The van der Waals surface area contributed by atoms with Gasteiger partial charge in [0.25, 0.3) is 5.91 Å². The topological polar surface area (TPSA) is 81.6 Å². The Labute approximate surface area is 180 Å². The lowest BCUT2D eigenvalue weighted by molar-refractivity contribution is -0.141. The largest absolute Gasteiger partial charge is 0.433 e. The fraction of sp³-hybridized carbons (Fsp3) is 0.316. The Hall–Kier alpha value is -2.76. The third-order valence-corrected chi connectivity index (χ3v) is 4.64. The van der Waals surface area contributed by atoms with Gasteiger partial charge in [-0.15, -0.1) is 0 Å². The molecule has 0 spiro atoms. The average molecular weight is 459 g/mol. The van der Waals surface area contributed by atoms with Gasteiger partial charge in [-0.3, -0.25) is 10.2 Å². The van der Waals surface area contributed by atoms with Crippen molar-refractivity contribution < 1.29 is 22.4 Å². The molecule has 1 aliphatic rings. The number of hydrogen-bond donors (Lipinski definition) is 3. The van der Waals surface area contributed by atoms with E-state index in [1.165, 1.54) is 6.07 Å². The summed E-state index contributed by atoms with van der Waals surface area (Å²) in [5, 5.41) is 7.19. The standard InChI is InChI=1S/C19H19ClF4N6O/c1-10-5-15(30(2)29-10)17(31)28-18(27-14-7-11(20)6-12(21)8-14)26-13-3-4-16(25-9-13)19(22,23)24/h3-4,6-10,15,29H,5H2,1-2H3,(H2,26,27,28,31). The zero-order valence-electron chi connectivity index (χ0n) is 16.5. The number of alkyl halides is 3. The van der Waals surface area contributed by atoms with E-state index in [-0.39, 0.29) is 28.4 Å². The number of carbonyl (C=O) groups excluding carboxylic acids is 1. The van der Waals surface area contributed by atoms with Gasteiger partial charge in [-0.1, -0.05) is 11.6 Å². The zero-order chi connectivity index (χ0) is 22.8. The van der Waals surface area contributed by atoms with Gasteiger partial charge in [0, 0.05) is 23.8 Å². The van der Waals surface area contributed by atoms with Gasteiger partial charge in [-0.25, -0.2) is 14.4 Å². The van der Waals surface area contributed by atoms with E-state index in [0.717, 1.165) is 30.5 Å². The number of pyridine rings is 1. The number of carbonyl (C=O) groups is 1.